The van der Waals surface area contributed by atoms with Gasteiger partial charge in [-0.25, -0.2) is 9.78 Å². The second-order valence-corrected chi connectivity index (χ2v) is 3.76. The number of aromatic nitrogens is 1. The SMILES string of the molecule is O=C(O)c1n[c]sc1-c1cccc(O)c1O. The molecule has 0 atom stereocenters. The average Bonchev–Trinajstić information content (AvgIpc) is 2.70. The highest BCUT2D eigenvalue weighted by molar-refractivity contribution is 7.13. The molecule has 0 fully saturated rings. The third-order valence-corrected chi connectivity index (χ3v) is 2.78. The molecule has 5 nitrogen and oxygen atoms in total. The van der Waals surface area contributed by atoms with E-state index < -0.39 is 5.97 Å². The topological polar surface area (TPSA) is 90.7 Å². The summed E-state index contributed by atoms with van der Waals surface area (Å²) in [7, 11) is 0. The monoisotopic (exact) mass is 236 g/mol. The van der Waals surface area contributed by atoms with E-state index in [1.165, 1.54) is 18.2 Å². The highest BCUT2D eigenvalue weighted by Gasteiger charge is 2.19. The van der Waals surface area contributed by atoms with Crippen LogP contribution in [-0.2, 0) is 0 Å². The maximum Gasteiger partial charge on any atom is 0.356 e. The van der Waals surface area contributed by atoms with Crippen LogP contribution in [0.15, 0.2) is 18.2 Å². The largest absolute Gasteiger partial charge is 0.504 e. The molecular weight excluding hydrogens is 230 g/mol. The van der Waals surface area contributed by atoms with Gasteiger partial charge in [0.2, 0.25) is 0 Å². The number of phenolic OH excluding ortho intramolecular Hbond substituents is 2. The minimum Gasteiger partial charge on any atom is -0.504 e. The lowest BCUT2D eigenvalue weighted by atomic mass is 10.1. The van der Waals surface area contributed by atoms with Gasteiger partial charge in [0.25, 0.3) is 0 Å². The fourth-order valence-corrected chi connectivity index (χ4v) is 1.99. The second-order valence-electron chi connectivity index (χ2n) is 2.96. The first-order valence-corrected chi connectivity index (χ1v) is 5.04. The third-order valence-electron chi connectivity index (χ3n) is 1.98. The number of phenols is 2. The van der Waals surface area contributed by atoms with Crippen molar-refractivity contribution >= 4 is 17.3 Å². The van der Waals surface area contributed by atoms with E-state index in [0.717, 1.165) is 11.3 Å². The fraction of sp³-hybridized carbons (Fsp3) is 0. The standard InChI is InChI=1S/C10H6NO4S/c12-6-3-1-2-5(8(6)13)9-7(10(14)15)11-4-16-9/h1-3,12-13H,(H,14,15). The van der Waals surface area contributed by atoms with Crippen LogP contribution in [0.25, 0.3) is 10.4 Å². The smallest absolute Gasteiger partial charge is 0.356 e. The lowest BCUT2D eigenvalue weighted by Crippen LogP contribution is -1.98. The summed E-state index contributed by atoms with van der Waals surface area (Å²) < 4.78 is 0. The zero-order chi connectivity index (χ0) is 11.7. The molecule has 1 aromatic heterocycles. The first-order valence-electron chi connectivity index (χ1n) is 4.22. The van der Waals surface area contributed by atoms with E-state index in [1.807, 2.05) is 0 Å². The molecule has 2 aromatic rings. The molecule has 1 aromatic carbocycles. The highest BCUT2D eigenvalue weighted by Crippen LogP contribution is 2.39. The highest BCUT2D eigenvalue weighted by atomic mass is 32.1. The van der Waals surface area contributed by atoms with Gasteiger partial charge in [-0.3, -0.25) is 0 Å². The summed E-state index contributed by atoms with van der Waals surface area (Å²) in [4.78, 5) is 14.7. The Kier molecular flexibility index (Phi) is 2.49. The van der Waals surface area contributed by atoms with E-state index in [0.29, 0.717) is 0 Å². The van der Waals surface area contributed by atoms with Crippen molar-refractivity contribution in [3.8, 4) is 21.9 Å². The fourth-order valence-electron chi connectivity index (χ4n) is 1.26. The van der Waals surface area contributed by atoms with Crippen LogP contribution in [-0.4, -0.2) is 26.3 Å². The van der Waals surface area contributed by atoms with Gasteiger partial charge in [-0.2, -0.15) is 0 Å². The van der Waals surface area contributed by atoms with Crippen LogP contribution in [0.5, 0.6) is 11.5 Å². The van der Waals surface area contributed by atoms with Gasteiger partial charge in [-0.1, -0.05) is 6.07 Å². The van der Waals surface area contributed by atoms with Gasteiger partial charge in [0, 0.05) is 5.56 Å². The molecule has 2 rings (SSSR count). The Morgan fingerprint density at radius 3 is 2.81 bits per heavy atom. The number of aromatic carboxylic acids is 1. The Morgan fingerprint density at radius 2 is 2.12 bits per heavy atom. The summed E-state index contributed by atoms with van der Waals surface area (Å²) in [5.74, 6) is -1.86. The Bertz CT molecular complexity index is 550. The molecule has 0 saturated heterocycles. The summed E-state index contributed by atoms with van der Waals surface area (Å²) in [5, 5.41) is 27.8. The van der Waals surface area contributed by atoms with Crippen molar-refractivity contribution in [3.05, 3.63) is 29.4 Å². The number of hydrogen-bond donors (Lipinski definition) is 3. The molecule has 1 heterocycles. The molecule has 0 aliphatic rings. The Morgan fingerprint density at radius 1 is 1.38 bits per heavy atom. The normalized spacial score (nSPS) is 10.2. The summed E-state index contributed by atoms with van der Waals surface area (Å²) >= 11 is 0.966. The van der Waals surface area contributed by atoms with Crippen LogP contribution in [0.3, 0.4) is 0 Å². The Labute approximate surface area is 94.3 Å². The second kappa shape index (κ2) is 3.82. The number of rotatable bonds is 2. The third kappa shape index (κ3) is 1.59. The van der Waals surface area contributed by atoms with Crippen molar-refractivity contribution in [2.45, 2.75) is 0 Å². The number of benzene rings is 1. The number of hydrogen-bond acceptors (Lipinski definition) is 5. The van der Waals surface area contributed by atoms with Crippen LogP contribution in [0, 0.1) is 5.51 Å². The number of carbonyl (C=O) groups is 1. The lowest BCUT2D eigenvalue weighted by Gasteiger charge is -2.04. The first-order chi connectivity index (χ1) is 7.61. The molecule has 1 radical (unpaired) electrons. The van der Waals surface area contributed by atoms with Crippen LogP contribution in [0.4, 0.5) is 0 Å². The van der Waals surface area contributed by atoms with Crippen molar-refractivity contribution in [2.75, 3.05) is 0 Å². The van der Waals surface area contributed by atoms with Crippen molar-refractivity contribution in [1.29, 1.82) is 0 Å². The van der Waals surface area contributed by atoms with Crippen LogP contribution in [0.2, 0.25) is 0 Å². The molecule has 3 N–H and O–H groups in total. The molecule has 81 valence electrons. The summed E-state index contributed by atoms with van der Waals surface area (Å²) in [5.41, 5.74) is 2.49. The van der Waals surface area contributed by atoms with E-state index >= 15 is 0 Å². The van der Waals surface area contributed by atoms with E-state index in [2.05, 4.69) is 10.5 Å². The lowest BCUT2D eigenvalue weighted by molar-refractivity contribution is 0.0692. The zero-order valence-electron chi connectivity index (χ0n) is 7.84. The molecule has 0 aliphatic heterocycles. The minimum absolute atomic E-state index is 0.189. The van der Waals surface area contributed by atoms with E-state index in [9.17, 15) is 15.0 Å². The number of aromatic hydroxyl groups is 2. The van der Waals surface area contributed by atoms with Gasteiger partial charge in [0.05, 0.1) is 4.88 Å². The van der Waals surface area contributed by atoms with Gasteiger partial charge in [0.15, 0.2) is 22.7 Å². The van der Waals surface area contributed by atoms with Crippen LogP contribution >= 0.6 is 11.3 Å². The van der Waals surface area contributed by atoms with Gasteiger partial charge in [-0.15, -0.1) is 11.3 Å². The Hall–Kier alpha value is -2.08. The van der Waals surface area contributed by atoms with Crippen molar-refractivity contribution < 1.29 is 20.1 Å². The molecule has 0 spiro atoms. The number of thiazole rings is 1. The maximum atomic E-state index is 10.8. The number of nitrogens with zero attached hydrogens (tertiary/aromatic N) is 1. The van der Waals surface area contributed by atoms with Crippen molar-refractivity contribution in [3.63, 3.8) is 0 Å². The predicted octanol–water partition coefficient (Wildman–Crippen LogP) is 1.72. The first kappa shape index (κ1) is 10.4. The number of carboxylic acids is 1. The zero-order valence-corrected chi connectivity index (χ0v) is 8.65. The molecule has 0 amide bonds. The van der Waals surface area contributed by atoms with Crippen molar-refractivity contribution in [2.24, 2.45) is 0 Å². The van der Waals surface area contributed by atoms with Crippen LogP contribution in [0.1, 0.15) is 10.5 Å². The van der Waals surface area contributed by atoms with Crippen LogP contribution < -0.4 is 0 Å². The van der Waals surface area contributed by atoms with Gasteiger partial charge < -0.3 is 15.3 Å². The molecule has 0 saturated carbocycles. The van der Waals surface area contributed by atoms with E-state index in [4.69, 9.17) is 5.11 Å². The predicted molar refractivity (Wildman–Crippen MR) is 56.7 cm³/mol. The molecule has 6 heteroatoms. The molecular formula is C10H6NO4S. The summed E-state index contributed by atoms with van der Waals surface area (Å²) in [6, 6.07) is 4.32. The van der Waals surface area contributed by atoms with Crippen molar-refractivity contribution in [1.82, 2.24) is 4.98 Å². The summed E-state index contributed by atoms with van der Waals surface area (Å²) in [6.45, 7) is 0. The molecule has 0 unspecified atom stereocenters. The quantitative estimate of drug-likeness (QED) is 0.690. The van der Waals surface area contributed by atoms with Gasteiger partial charge >= 0.3 is 5.97 Å². The van der Waals surface area contributed by atoms with E-state index in [-0.39, 0.29) is 27.6 Å². The minimum atomic E-state index is -1.20. The number of para-hydroxylation sites is 1. The number of carboxylic acid groups (broad SMARTS) is 1. The van der Waals surface area contributed by atoms with Gasteiger partial charge in [-0.05, 0) is 12.1 Å². The van der Waals surface area contributed by atoms with Gasteiger partial charge in [0.1, 0.15) is 0 Å². The maximum absolute atomic E-state index is 10.8. The molecule has 0 bridgehead atoms. The molecule has 16 heavy (non-hydrogen) atoms. The summed E-state index contributed by atoms with van der Waals surface area (Å²) in [6.07, 6.45) is 0. The average molecular weight is 236 g/mol. The van der Waals surface area contributed by atoms with E-state index in [1.54, 1.807) is 0 Å². The Balaban J connectivity index is 2.63. The molecule has 0 aliphatic carbocycles.